The fourth-order valence-corrected chi connectivity index (χ4v) is 15.5. The number of anilines is 4. The molecule has 0 radical (unpaired) electrons. The third-order valence-electron chi connectivity index (χ3n) is 11.3. The lowest BCUT2D eigenvalue weighted by Gasteiger charge is -2.31. The molecule has 0 fully saturated rings. The van der Waals surface area contributed by atoms with Crippen molar-refractivity contribution in [2.75, 3.05) is 16.3 Å². The van der Waals surface area contributed by atoms with E-state index in [2.05, 4.69) is 167 Å². The molecular weight excluding hydrogens is 685 g/mol. The second-order valence-electron chi connectivity index (χ2n) is 14.8. The summed E-state index contributed by atoms with van der Waals surface area (Å²) in [6.07, 6.45) is 9.58. The highest BCUT2D eigenvalue weighted by Crippen LogP contribution is 2.54. The Balaban J connectivity index is 1.17. The lowest BCUT2D eigenvalue weighted by Crippen LogP contribution is -2.42. The molecule has 5 heteroatoms. The molecule has 4 aromatic carbocycles. The van der Waals surface area contributed by atoms with E-state index in [0.29, 0.717) is 5.54 Å². The van der Waals surface area contributed by atoms with E-state index in [0.717, 1.165) is 24.2 Å². The Morgan fingerprint density at radius 2 is 1.62 bits per heavy atom. The highest BCUT2D eigenvalue weighted by Gasteiger charge is 2.47. The van der Waals surface area contributed by atoms with E-state index in [1.165, 1.54) is 69.7 Å². The van der Waals surface area contributed by atoms with E-state index in [1.807, 2.05) is 34.8 Å². The van der Waals surface area contributed by atoms with Crippen LogP contribution in [0.4, 0.5) is 21.4 Å². The number of nitrogens with zero attached hydrogens (tertiary/aromatic N) is 2. The number of hydrogen-bond acceptors (Lipinski definition) is 4. The van der Waals surface area contributed by atoms with Gasteiger partial charge in [-0.15, -0.1) is 22.7 Å². The Morgan fingerprint density at radius 1 is 0.865 bits per heavy atom. The molecule has 2 aliphatic rings. The molecule has 0 bridgehead atoms. The van der Waals surface area contributed by atoms with Gasteiger partial charge in [0.05, 0.1) is 18.8 Å². The van der Waals surface area contributed by atoms with Crippen molar-refractivity contribution >= 4 is 85.8 Å². The lowest BCUT2D eigenvalue weighted by molar-refractivity contribution is 0.974. The fourth-order valence-electron chi connectivity index (χ4n) is 8.42. The molecule has 2 aromatic heterocycles. The Bertz CT molecular complexity index is 2430. The van der Waals surface area contributed by atoms with Crippen LogP contribution < -0.4 is 15.0 Å². The van der Waals surface area contributed by atoms with E-state index in [-0.39, 0.29) is 0 Å². The van der Waals surface area contributed by atoms with E-state index >= 15 is 0 Å². The summed E-state index contributed by atoms with van der Waals surface area (Å²) >= 11 is 3.89. The van der Waals surface area contributed by atoms with Gasteiger partial charge in [-0.3, -0.25) is 0 Å². The molecule has 260 valence electrons. The van der Waals surface area contributed by atoms with Crippen LogP contribution in [-0.2, 0) is 6.42 Å². The van der Waals surface area contributed by atoms with Crippen LogP contribution in [0.15, 0.2) is 122 Å². The molecule has 1 atom stereocenters. The first-order chi connectivity index (χ1) is 25.1. The third kappa shape index (κ3) is 5.67. The molecule has 0 N–H and O–H groups in total. The zero-order chi connectivity index (χ0) is 36.3. The van der Waals surface area contributed by atoms with Crippen LogP contribution in [0.3, 0.4) is 0 Å². The number of thiophene rings is 2. The van der Waals surface area contributed by atoms with Gasteiger partial charge in [-0.2, -0.15) is 0 Å². The standard InChI is InChI=1S/C47H46N2S2Si/c1-9-15-32(6)49(41-19-14-17-34-16-12-13-18-38(34)41)45-25-31(5)46(51-45)39-26-36-28-42-40(27-35(36)24-30(39)4)47-43(52(42,7)8)29-44(50-47)48(11-3)37-22-20-33(10-2)21-23-37/h9-10,12-27,29,42H,1-2,11,28H2,3-8H3. The maximum absolute atomic E-state index is 4.03. The molecule has 2 nitrogen and oxygen atoms in total. The van der Waals surface area contributed by atoms with Crippen LogP contribution >= 0.6 is 22.7 Å². The molecule has 0 saturated carbocycles. The first-order valence-corrected chi connectivity index (χ1v) is 23.0. The number of aryl methyl sites for hydroxylation is 2. The summed E-state index contributed by atoms with van der Waals surface area (Å²) < 4.78 is 0. The zero-order valence-electron chi connectivity index (χ0n) is 31.1. The summed E-state index contributed by atoms with van der Waals surface area (Å²) in [6.45, 7) is 23.1. The summed E-state index contributed by atoms with van der Waals surface area (Å²) in [5.41, 5.74) is 13.8. The summed E-state index contributed by atoms with van der Waals surface area (Å²) in [5, 5.41) is 6.70. The van der Waals surface area contributed by atoms with E-state index < -0.39 is 8.07 Å². The van der Waals surface area contributed by atoms with Gasteiger partial charge >= 0.3 is 0 Å². The zero-order valence-corrected chi connectivity index (χ0v) is 33.7. The van der Waals surface area contributed by atoms with Gasteiger partial charge in [-0.1, -0.05) is 99.1 Å². The Kier molecular flexibility index (Phi) is 8.85. The largest absolute Gasteiger partial charge is 0.334 e. The maximum atomic E-state index is 4.03. The molecule has 3 heterocycles. The first-order valence-electron chi connectivity index (χ1n) is 18.3. The van der Waals surface area contributed by atoms with Crippen molar-refractivity contribution in [2.45, 2.75) is 52.8 Å². The molecular formula is C47H46N2S2Si. The molecule has 1 aliphatic heterocycles. The summed E-state index contributed by atoms with van der Waals surface area (Å²) in [6, 6.07) is 34.0. The van der Waals surface area contributed by atoms with Crippen molar-refractivity contribution in [3.63, 3.8) is 0 Å². The van der Waals surface area contributed by atoms with Crippen LogP contribution in [-0.4, -0.2) is 14.6 Å². The van der Waals surface area contributed by atoms with E-state index in [1.54, 1.807) is 10.8 Å². The molecule has 0 amide bonds. The van der Waals surface area contributed by atoms with Crippen molar-refractivity contribution in [3.05, 3.63) is 155 Å². The normalized spacial score (nSPS) is 15.8. The number of allylic oxidation sites excluding steroid dienone is 4. The lowest BCUT2D eigenvalue weighted by atomic mass is 9.87. The van der Waals surface area contributed by atoms with Crippen LogP contribution in [0.2, 0.25) is 18.6 Å². The van der Waals surface area contributed by atoms with Crippen molar-refractivity contribution in [3.8, 4) is 10.4 Å². The smallest absolute Gasteiger partial charge is 0.101 e. The molecule has 1 aliphatic carbocycles. The second kappa shape index (κ2) is 13.4. The van der Waals surface area contributed by atoms with E-state index in [9.17, 15) is 0 Å². The molecule has 0 saturated heterocycles. The molecule has 6 aromatic rings. The van der Waals surface area contributed by atoms with Gasteiger partial charge in [-0.25, -0.2) is 0 Å². The van der Waals surface area contributed by atoms with Crippen LogP contribution in [0, 0.1) is 13.8 Å². The minimum atomic E-state index is -1.77. The van der Waals surface area contributed by atoms with Crippen molar-refractivity contribution in [2.24, 2.45) is 0 Å². The second-order valence-corrected chi connectivity index (χ2v) is 21.5. The fraction of sp³-hybridized carbons (Fsp3) is 0.191. The molecule has 0 spiro atoms. The summed E-state index contributed by atoms with van der Waals surface area (Å²) in [7, 11) is -1.77. The highest BCUT2D eigenvalue weighted by atomic mass is 32.1. The highest BCUT2D eigenvalue weighted by molar-refractivity contribution is 7.21. The van der Waals surface area contributed by atoms with Gasteiger partial charge in [0.2, 0.25) is 0 Å². The van der Waals surface area contributed by atoms with E-state index in [4.69, 9.17) is 0 Å². The molecule has 52 heavy (non-hydrogen) atoms. The van der Waals surface area contributed by atoms with Crippen molar-refractivity contribution < 1.29 is 0 Å². The van der Waals surface area contributed by atoms with Gasteiger partial charge in [0.15, 0.2) is 0 Å². The molecule has 8 rings (SSSR count). The topological polar surface area (TPSA) is 6.48 Å². The monoisotopic (exact) mass is 730 g/mol. The minimum absolute atomic E-state index is 0.598. The van der Waals surface area contributed by atoms with Crippen molar-refractivity contribution in [1.82, 2.24) is 0 Å². The Labute approximate surface area is 318 Å². The predicted molar refractivity (Wildman–Crippen MR) is 235 cm³/mol. The first kappa shape index (κ1) is 34.4. The third-order valence-corrected chi connectivity index (χ3v) is 17.9. The number of fused-ring (bicyclic) bond motifs is 5. The Hall–Kier alpha value is -4.68. The van der Waals surface area contributed by atoms with Crippen LogP contribution in [0.25, 0.3) is 38.9 Å². The summed E-state index contributed by atoms with van der Waals surface area (Å²) in [4.78, 5) is 7.76. The average molecular weight is 731 g/mol. The van der Waals surface area contributed by atoms with Crippen molar-refractivity contribution in [1.29, 1.82) is 0 Å². The van der Waals surface area contributed by atoms with Gasteiger partial charge in [0.1, 0.15) is 5.00 Å². The average Bonchev–Trinajstić information content (AvgIpc) is 3.81. The maximum Gasteiger partial charge on any atom is 0.101 e. The number of benzene rings is 4. The van der Waals surface area contributed by atoms with Gasteiger partial charge < -0.3 is 9.80 Å². The van der Waals surface area contributed by atoms with Gasteiger partial charge in [0.25, 0.3) is 0 Å². The number of hydrogen-bond donors (Lipinski definition) is 0. The van der Waals surface area contributed by atoms with Crippen LogP contribution in [0.5, 0.6) is 0 Å². The van der Waals surface area contributed by atoms with Gasteiger partial charge in [-0.05, 0) is 132 Å². The minimum Gasteiger partial charge on any atom is -0.334 e. The Morgan fingerprint density at radius 3 is 2.37 bits per heavy atom. The van der Waals surface area contributed by atoms with Crippen LogP contribution in [0.1, 0.15) is 46.5 Å². The quantitative estimate of drug-likeness (QED) is 0.108. The summed E-state index contributed by atoms with van der Waals surface area (Å²) in [5.74, 6) is 0. The SMILES string of the molecule is C=CC=C(C)N(c1cc(C)c(-c2cc3c(cc2C)C=C2c4sc(N(CC)c5ccc(C=C)cc5)cc4[Si](C)(C)C2C3)s1)c1cccc2ccccc12. The number of rotatable bonds is 9. The predicted octanol–water partition coefficient (Wildman–Crippen LogP) is 13.7. The van der Waals surface area contributed by atoms with Gasteiger partial charge in [0, 0.05) is 33.1 Å². The molecule has 1 unspecified atom stereocenters.